The minimum atomic E-state index is -1.65. The minimum absolute atomic E-state index is 0.314. The summed E-state index contributed by atoms with van der Waals surface area (Å²) in [4.78, 5) is 25.9. The SMILES string of the molecule is CC1C(C(=O)Nc2ccc(F)c(F)c2F)CCN1C(=O)OC(C)(C)C. The minimum Gasteiger partial charge on any atom is -0.444 e. The molecule has 0 spiro atoms. The van der Waals surface area contributed by atoms with Crippen LogP contribution in [-0.4, -0.2) is 35.1 Å². The van der Waals surface area contributed by atoms with E-state index in [4.69, 9.17) is 4.74 Å². The van der Waals surface area contributed by atoms with Crippen molar-refractivity contribution in [2.24, 2.45) is 5.92 Å². The van der Waals surface area contributed by atoms with Gasteiger partial charge in [-0.1, -0.05) is 0 Å². The fraction of sp³-hybridized carbons (Fsp3) is 0.529. The summed E-state index contributed by atoms with van der Waals surface area (Å²) in [5.74, 6) is -5.61. The fourth-order valence-electron chi connectivity index (χ4n) is 2.72. The first kappa shape index (κ1) is 19.1. The number of carbonyl (C=O) groups excluding carboxylic acids is 2. The maximum Gasteiger partial charge on any atom is 0.410 e. The highest BCUT2D eigenvalue weighted by molar-refractivity contribution is 5.93. The first-order chi connectivity index (χ1) is 11.5. The van der Waals surface area contributed by atoms with Crippen molar-refractivity contribution in [1.82, 2.24) is 4.90 Å². The summed E-state index contributed by atoms with van der Waals surface area (Å²) in [5.41, 5.74) is -1.10. The van der Waals surface area contributed by atoms with E-state index in [1.165, 1.54) is 4.90 Å². The number of hydrogen-bond donors (Lipinski definition) is 1. The number of benzene rings is 1. The van der Waals surface area contributed by atoms with Gasteiger partial charge in [-0.25, -0.2) is 18.0 Å². The quantitative estimate of drug-likeness (QED) is 0.821. The molecule has 0 radical (unpaired) electrons. The third-order valence-corrected chi connectivity index (χ3v) is 4.01. The molecule has 25 heavy (non-hydrogen) atoms. The van der Waals surface area contributed by atoms with E-state index < -0.39 is 52.7 Å². The van der Waals surface area contributed by atoms with Crippen LogP contribution >= 0.6 is 0 Å². The van der Waals surface area contributed by atoms with Crippen LogP contribution in [0, 0.1) is 23.4 Å². The number of nitrogens with zero attached hydrogens (tertiary/aromatic N) is 1. The molecule has 1 fully saturated rings. The Morgan fingerprint density at radius 1 is 1.20 bits per heavy atom. The third kappa shape index (κ3) is 4.24. The lowest BCUT2D eigenvalue weighted by atomic mass is 10.0. The highest BCUT2D eigenvalue weighted by Crippen LogP contribution is 2.28. The number of likely N-dealkylation sites (tertiary alicyclic amines) is 1. The molecule has 5 nitrogen and oxygen atoms in total. The van der Waals surface area contributed by atoms with Gasteiger partial charge in [0.1, 0.15) is 5.60 Å². The Kier molecular flexibility index (Phi) is 5.29. The number of nitrogens with one attached hydrogen (secondary N) is 1. The molecule has 1 aromatic carbocycles. The van der Waals surface area contributed by atoms with E-state index in [0.29, 0.717) is 13.0 Å². The predicted molar refractivity (Wildman–Crippen MR) is 85.5 cm³/mol. The van der Waals surface area contributed by atoms with Crippen molar-refractivity contribution in [3.05, 3.63) is 29.6 Å². The molecule has 8 heteroatoms. The van der Waals surface area contributed by atoms with E-state index >= 15 is 0 Å². The average molecular weight is 358 g/mol. The molecule has 1 aliphatic rings. The summed E-state index contributed by atoms with van der Waals surface area (Å²) in [6, 6.07) is 1.22. The number of rotatable bonds is 2. The van der Waals surface area contributed by atoms with Crippen molar-refractivity contribution >= 4 is 17.7 Å². The maximum absolute atomic E-state index is 13.7. The van der Waals surface area contributed by atoms with Gasteiger partial charge < -0.3 is 15.0 Å². The van der Waals surface area contributed by atoms with Crippen LogP contribution in [0.3, 0.4) is 0 Å². The molecule has 138 valence electrons. The van der Waals surface area contributed by atoms with E-state index in [1.807, 2.05) is 0 Å². The highest BCUT2D eigenvalue weighted by Gasteiger charge is 2.40. The first-order valence-electron chi connectivity index (χ1n) is 7.95. The standard InChI is InChI=1S/C17H21F3N2O3/c1-9-10(7-8-22(9)16(24)25-17(2,3)4)15(23)21-12-6-5-11(18)13(19)14(12)20/h5-6,9-10H,7-8H2,1-4H3,(H,21,23). The van der Waals surface area contributed by atoms with Crippen LogP contribution in [0.25, 0.3) is 0 Å². The van der Waals surface area contributed by atoms with Crippen molar-refractivity contribution in [1.29, 1.82) is 0 Å². The van der Waals surface area contributed by atoms with E-state index in [9.17, 15) is 22.8 Å². The molecule has 2 rings (SSSR count). The molecule has 0 bridgehead atoms. The van der Waals surface area contributed by atoms with Crippen molar-refractivity contribution in [3.8, 4) is 0 Å². The number of halogens is 3. The van der Waals surface area contributed by atoms with Crippen molar-refractivity contribution < 1.29 is 27.5 Å². The second-order valence-corrected chi connectivity index (χ2v) is 7.02. The van der Waals surface area contributed by atoms with Crippen LogP contribution in [-0.2, 0) is 9.53 Å². The van der Waals surface area contributed by atoms with Crippen molar-refractivity contribution in [3.63, 3.8) is 0 Å². The molecule has 1 heterocycles. The molecule has 1 aromatic rings. The highest BCUT2D eigenvalue weighted by atomic mass is 19.2. The smallest absolute Gasteiger partial charge is 0.410 e. The van der Waals surface area contributed by atoms with Gasteiger partial charge in [0.2, 0.25) is 5.91 Å². The van der Waals surface area contributed by atoms with Gasteiger partial charge >= 0.3 is 6.09 Å². The van der Waals surface area contributed by atoms with E-state index in [0.717, 1.165) is 12.1 Å². The summed E-state index contributed by atoms with van der Waals surface area (Å²) >= 11 is 0. The second-order valence-electron chi connectivity index (χ2n) is 7.02. The van der Waals surface area contributed by atoms with Crippen molar-refractivity contribution in [2.75, 3.05) is 11.9 Å². The van der Waals surface area contributed by atoms with Crippen LogP contribution < -0.4 is 5.32 Å². The van der Waals surface area contributed by atoms with Gasteiger partial charge in [-0.15, -0.1) is 0 Å². The lowest BCUT2D eigenvalue weighted by Gasteiger charge is -2.28. The number of ether oxygens (including phenoxy) is 1. The zero-order valence-corrected chi connectivity index (χ0v) is 14.5. The molecule has 2 unspecified atom stereocenters. The zero-order valence-electron chi connectivity index (χ0n) is 14.5. The Bertz CT molecular complexity index is 688. The lowest BCUT2D eigenvalue weighted by molar-refractivity contribution is -0.120. The van der Waals surface area contributed by atoms with Crippen LogP contribution in [0.15, 0.2) is 12.1 Å². The number of anilines is 1. The molecule has 0 aromatic heterocycles. The largest absolute Gasteiger partial charge is 0.444 e. The summed E-state index contributed by atoms with van der Waals surface area (Å²) in [6.45, 7) is 7.21. The zero-order chi connectivity index (χ0) is 18.9. The molecule has 0 saturated carbocycles. The Morgan fingerprint density at radius 3 is 2.44 bits per heavy atom. The third-order valence-electron chi connectivity index (χ3n) is 4.01. The second kappa shape index (κ2) is 6.93. The molecular formula is C17H21F3N2O3. The Labute approximate surface area is 144 Å². The van der Waals surface area contributed by atoms with Gasteiger partial charge in [0.05, 0.1) is 11.6 Å². The lowest BCUT2D eigenvalue weighted by Crippen LogP contribution is -2.41. The Hall–Kier alpha value is -2.25. The van der Waals surface area contributed by atoms with E-state index in [1.54, 1.807) is 27.7 Å². The Balaban J connectivity index is 2.06. The molecular weight excluding hydrogens is 337 g/mol. The van der Waals surface area contributed by atoms with Gasteiger partial charge in [-0.2, -0.15) is 0 Å². The summed E-state index contributed by atoms with van der Waals surface area (Å²) in [5, 5.41) is 2.26. The van der Waals surface area contributed by atoms with Crippen LogP contribution in [0.1, 0.15) is 34.1 Å². The van der Waals surface area contributed by atoms with Crippen LogP contribution in [0.5, 0.6) is 0 Å². The summed E-state index contributed by atoms with van der Waals surface area (Å²) in [6.07, 6.45) is -0.174. The number of hydrogen-bond acceptors (Lipinski definition) is 3. The van der Waals surface area contributed by atoms with Gasteiger partial charge in [0, 0.05) is 12.6 Å². The molecule has 2 amide bonds. The van der Waals surface area contributed by atoms with Crippen LogP contribution in [0.2, 0.25) is 0 Å². The molecule has 1 saturated heterocycles. The molecule has 0 aliphatic carbocycles. The van der Waals surface area contributed by atoms with E-state index in [2.05, 4.69) is 5.32 Å². The number of amides is 2. The van der Waals surface area contributed by atoms with Gasteiger partial charge in [0.25, 0.3) is 0 Å². The predicted octanol–water partition coefficient (Wildman–Crippen LogP) is 3.69. The Morgan fingerprint density at radius 2 is 1.84 bits per heavy atom. The topological polar surface area (TPSA) is 58.6 Å². The summed E-state index contributed by atoms with van der Waals surface area (Å²) < 4.78 is 45.2. The van der Waals surface area contributed by atoms with Gasteiger partial charge in [0.15, 0.2) is 17.5 Å². The summed E-state index contributed by atoms with van der Waals surface area (Å²) in [7, 11) is 0. The van der Waals surface area contributed by atoms with E-state index in [-0.39, 0.29) is 0 Å². The maximum atomic E-state index is 13.7. The van der Waals surface area contributed by atoms with Crippen LogP contribution in [0.4, 0.5) is 23.7 Å². The number of carbonyl (C=O) groups is 2. The van der Waals surface area contributed by atoms with Gasteiger partial charge in [-0.3, -0.25) is 4.79 Å². The first-order valence-corrected chi connectivity index (χ1v) is 7.95. The van der Waals surface area contributed by atoms with Crippen molar-refractivity contribution in [2.45, 2.75) is 45.8 Å². The molecule has 1 aliphatic heterocycles. The normalized spacial score (nSPS) is 20.5. The average Bonchev–Trinajstić information content (AvgIpc) is 2.88. The molecule has 1 N–H and O–H groups in total. The molecule has 2 atom stereocenters. The van der Waals surface area contributed by atoms with Gasteiger partial charge in [-0.05, 0) is 46.2 Å². The fourth-order valence-corrected chi connectivity index (χ4v) is 2.72. The monoisotopic (exact) mass is 358 g/mol.